The third-order valence-corrected chi connectivity index (χ3v) is 3.76. The van der Waals surface area contributed by atoms with Crippen molar-refractivity contribution in [1.82, 2.24) is 4.90 Å². The van der Waals surface area contributed by atoms with E-state index in [0.717, 1.165) is 18.0 Å². The summed E-state index contributed by atoms with van der Waals surface area (Å²) in [4.78, 5) is 6.62. The molecule has 1 unspecified atom stereocenters. The molecule has 19 heavy (non-hydrogen) atoms. The number of guanidine groups is 1. The smallest absolute Gasteiger partial charge is 0.192 e. The minimum absolute atomic E-state index is 0.229. The molecular formula is C14H19N3O2. The Morgan fingerprint density at radius 2 is 1.95 bits per heavy atom. The molecule has 5 nitrogen and oxygen atoms in total. The molecule has 102 valence electrons. The summed E-state index contributed by atoms with van der Waals surface area (Å²) in [7, 11) is 3.30. The van der Waals surface area contributed by atoms with Gasteiger partial charge in [-0.05, 0) is 30.5 Å². The molecule has 2 N–H and O–H groups in total. The highest BCUT2D eigenvalue weighted by molar-refractivity contribution is 5.81. The van der Waals surface area contributed by atoms with Crippen molar-refractivity contribution in [2.75, 3.05) is 20.8 Å². The lowest BCUT2D eigenvalue weighted by molar-refractivity contribution is 0.331. The van der Waals surface area contributed by atoms with Gasteiger partial charge in [0.25, 0.3) is 0 Å². The van der Waals surface area contributed by atoms with Gasteiger partial charge in [0.1, 0.15) is 0 Å². The lowest BCUT2D eigenvalue weighted by atomic mass is 10.1. The van der Waals surface area contributed by atoms with Crippen LogP contribution in [0.3, 0.4) is 0 Å². The van der Waals surface area contributed by atoms with Gasteiger partial charge in [-0.3, -0.25) is 4.99 Å². The molecule has 3 rings (SSSR count). The normalized spacial score (nSPS) is 22.3. The number of methoxy groups -OCH3 is 2. The molecule has 1 aromatic carbocycles. The largest absolute Gasteiger partial charge is 0.493 e. The Morgan fingerprint density at radius 1 is 1.21 bits per heavy atom. The maximum absolute atomic E-state index is 5.99. The quantitative estimate of drug-likeness (QED) is 0.893. The summed E-state index contributed by atoms with van der Waals surface area (Å²) in [6.45, 7) is 0.720. The lowest BCUT2D eigenvalue weighted by Crippen LogP contribution is -2.37. The fourth-order valence-electron chi connectivity index (χ4n) is 2.63. The van der Waals surface area contributed by atoms with Gasteiger partial charge >= 0.3 is 0 Å². The van der Waals surface area contributed by atoms with E-state index in [0.29, 0.717) is 12.0 Å². The third kappa shape index (κ3) is 2.09. The highest BCUT2D eigenvalue weighted by Crippen LogP contribution is 2.39. The molecule has 1 aliphatic heterocycles. The summed E-state index contributed by atoms with van der Waals surface area (Å²) in [6.07, 6.45) is 2.42. The van der Waals surface area contributed by atoms with Gasteiger partial charge in [-0.15, -0.1) is 0 Å². The summed E-state index contributed by atoms with van der Waals surface area (Å²) in [5.41, 5.74) is 7.17. The number of hydrogen-bond acceptors (Lipinski definition) is 5. The maximum Gasteiger partial charge on any atom is 0.192 e. The van der Waals surface area contributed by atoms with Gasteiger partial charge in [0.05, 0.1) is 26.8 Å². The van der Waals surface area contributed by atoms with Gasteiger partial charge in [0, 0.05) is 6.04 Å². The first-order valence-electron chi connectivity index (χ1n) is 6.54. The number of aliphatic imine (C=N–C) groups is 1. The minimum atomic E-state index is 0.229. The van der Waals surface area contributed by atoms with E-state index >= 15 is 0 Å². The van der Waals surface area contributed by atoms with E-state index in [2.05, 4.69) is 16.0 Å². The zero-order valence-electron chi connectivity index (χ0n) is 11.3. The average Bonchev–Trinajstić information content (AvgIpc) is 3.20. The molecule has 1 aromatic rings. The second-order valence-electron chi connectivity index (χ2n) is 4.97. The van der Waals surface area contributed by atoms with Crippen LogP contribution < -0.4 is 15.2 Å². The first-order chi connectivity index (χ1) is 9.24. The van der Waals surface area contributed by atoms with Crippen LogP contribution in [0.4, 0.5) is 0 Å². The Balaban J connectivity index is 1.89. The molecule has 1 fully saturated rings. The second kappa shape index (κ2) is 4.64. The van der Waals surface area contributed by atoms with Crippen molar-refractivity contribution in [3.63, 3.8) is 0 Å². The summed E-state index contributed by atoms with van der Waals surface area (Å²) in [6, 6.07) is 6.81. The SMILES string of the molecule is COc1ccc(C2CN=C(N)N2C2CC2)cc1OC. The van der Waals surface area contributed by atoms with E-state index in [1.54, 1.807) is 14.2 Å². The Labute approximate surface area is 113 Å². The average molecular weight is 261 g/mol. The molecule has 0 saturated heterocycles. The predicted octanol–water partition coefficient (Wildman–Crippen LogP) is 1.54. The molecule has 0 spiro atoms. The molecule has 5 heteroatoms. The van der Waals surface area contributed by atoms with Gasteiger partial charge in [-0.2, -0.15) is 0 Å². The molecule has 2 aliphatic rings. The molecule has 1 heterocycles. The Hall–Kier alpha value is -1.91. The number of ether oxygens (including phenoxy) is 2. The van der Waals surface area contributed by atoms with Crippen LogP contribution in [-0.2, 0) is 0 Å². The third-order valence-electron chi connectivity index (χ3n) is 3.76. The van der Waals surface area contributed by atoms with Gasteiger partial charge in [-0.1, -0.05) is 6.07 Å². The molecule has 1 saturated carbocycles. The first-order valence-corrected chi connectivity index (χ1v) is 6.54. The lowest BCUT2D eigenvalue weighted by Gasteiger charge is -2.26. The van der Waals surface area contributed by atoms with Crippen molar-refractivity contribution < 1.29 is 9.47 Å². The van der Waals surface area contributed by atoms with Crippen LogP contribution in [0.15, 0.2) is 23.2 Å². The second-order valence-corrected chi connectivity index (χ2v) is 4.97. The summed E-state index contributed by atoms with van der Waals surface area (Å²) >= 11 is 0. The molecule has 0 radical (unpaired) electrons. The van der Waals surface area contributed by atoms with Gasteiger partial charge in [0.2, 0.25) is 0 Å². The fourth-order valence-corrected chi connectivity index (χ4v) is 2.63. The highest BCUT2D eigenvalue weighted by Gasteiger charge is 2.39. The standard InChI is InChI=1S/C14H19N3O2/c1-18-12-6-3-9(7-13(12)19-2)11-8-16-14(15)17(11)10-4-5-10/h3,6-7,10-11H,4-5,8H2,1-2H3,(H2,15,16). The van der Waals surface area contributed by atoms with Gasteiger partial charge in [-0.25, -0.2) is 0 Å². The van der Waals surface area contributed by atoms with E-state index in [9.17, 15) is 0 Å². The maximum atomic E-state index is 5.99. The summed E-state index contributed by atoms with van der Waals surface area (Å²) in [5.74, 6) is 2.17. The molecule has 0 aromatic heterocycles. The van der Waals surface area contributed by atoms with Crippen LogP contribution in [0.2, 0.25) is 0 Å². The summed E-state index contributed by atoms with van der Waals surface area (Å²) in [5, 5.41) is 0. The van der Waals surface area contributed by atoms with Crippen molar-refractivity contribution in [3.05, 3.63) is 23.8 Å². The number of benzene rings is 1. The predicted molar refractivity (Wildman–Crippen MR) is 73.6 cm³/mol. The van der Waals surface area contributed by atoms with Crippen molar-refractivity contribution in [1.29, 1.82) is 0 Å². The van der Waals surface area contributed by atoms with Crippen LogP contribution in [-0.4, -0.2) is 37.7 Å². The molecule has 1 aliphatic carbocycles. The first kappa shape index (κ1) is 12.1. The van der Waals surface area contributed by atoms with E-state index < -0.39 is 0 Å². The molecule has 0 amide bonds. The van der Waals surface area contributed by atoms with Crippen molar-refractivity contribution in [2.24, 2.45) is 10.7 Å². The van der Waals surface area contributed by atoms with E-state index in [1.165, 1.54) is 18.4 Å². The van der Waals surface area contributed by atoms with E-state index in [1.807, 2.05) is 12.1 Å². The van der Waals surface area contributed by atoms with Crippen LogP contribution in [0, 0.1) is 0 Å². The number of hydrogen-bond donors (Lipinski definition) is 1. The van der Waals surface area contributed by atoms with Crippen LogP contribution in [0.5, 0.6) is 11.5 Å². The Kier molecular flexibility index (Phi) is 2.97. The monoisotopic (exact) mass is 261 g/mol. The number of nitrogens with two attached hydrogens (primary N) is 1. The summed E-state index contributed by atoms with van der Waals surface area (Å²) < 4.78 is 10.6. The molecule has 0 bridgehead atoms. The van der Waals surface area contributed by atoms with Crippen LogP contribution >= 0.6 is 0 Å². The van der Waals surface area contributed by atoms with Crippen molar-refractivity contribution in [2.45, 2.75) is 24.9 Å². The Bertz CT molecular complexity index is 511. The van der Waals surface area contributed by atoms with Crippen LogP contribution in [0.25, 0.3) is 0 Å². The minimum Gasteiger partial charge on any atom is -0.493 e. The van der Waals surface area contributed by atoms with Gasteiger partial charge in [0.15, 0.2) is 17.5 Å². The molecular weight excluding hydrogens is 242 g/mol. The fraction of sp³-hybridized carbons (Fsp3) is 0.500. The Morgan fingerprint density at radius 3 is 2.58 bits per heavy atom. The topological polar surface area (TPSA) is 60.1 Å². The van der Waals surface area contributed by atoms with Crippen molar-refractivity contribution >= 4 is 5.96 Å². The van der Waals surface area contributed by atoms with Gasteiger partial charge < -0.3 is 20.1 Å². The van der Waals surface area contributed by atoms with E-state index in [-0.39, 0.29) is 6.04 Å². The number of rotatable bonds is 4. The zero-order chi connectivity index (χ0) is 13.4. The highest BCUT2D eigenvalue weighted by atomic mass is 16.5. The molecule has 1 atom stereocenters. The van der Waals surface area contributed by atoms with E-state index in [4.69, 9.17) is 15.2 Å². The van der Waals surface area contributed by atoms with Crippen LogP contribution in [0.1, 0.15) is 24.4 Å². The van der Waals surface area contributed by atoms with Crippen molar-refractivity contribution in [3.8, 4) is 11.5 Å². The zero-order valence-corrected chi connectivity index (χ0v) is 11.3. The number of nitrogens with zero attached hydrogens (tertiary/aromatic N) is 2.